The fourth-order valence-electron chi connectivity index (χ4n) is 4.90. The van der Waals surface area contributed by atoms with Crippen molar-refractivity contribution in [2.45, 2.75) is 51.0 Å². The molecular weight excluding hydrogens is 494 g/mol. The van der Waals surface area contributed by atoms with E-state index in [1.54, 1.807) is 11.3 Å². The normalized spacial score (nSPS) is 19.2. The monoisotopic (exact) mass is 523 g/mol. The van der Waals surface area contributed by atoms with E-state index in [1.165, 1.54) is 11.3 Å². The van der Waals surface area contributed by atoms with Crippen molar-refractivity contribution in [2.75, 3.05) is 26.3 Å². The van der Waals surface area contributed by atoms with Crippen LogP contribution in [-0.2, 0) is 0 Å². The van der Waals surface area contributed by atoms with Crippen LogP contribution in [0.3, 0.4) is 0 Å². The molecule has 2 amide bonds. The number of fused-ring (bicyclic) bond motifs is 1. The largest absolute Gasteiger partial charge is 0.485 e. The Labute approximate surface area is 218 Å². The van der Waals surface area contributed by atoms with Crippen molar-refractivity contribution >= 4 is 34.5 Å². The summed E-state index contributed by atoms with van der Waals surface area (Å²) in [5.74, 6) is 1.43. The molecule has 1 N–H and O–H groups in total. The van der Waals surface area contributed by atoms with Crippen molar-refractivity contribution in [3.8, 4) is 21.9 Å². The van der Waals surface area contributed by atoms with Gasteiger partial charge in [0.25, 0.3) is 11.8 Å². The van der Waals surface area contributed by atoms with E-state index in [9.17, 15) is 9.59 Å². The van der Waals surface area contributed by atoms with Crippen LogP contribution in [-0.4, -0.2) is 54.0 Å². The van der Waals surface area contributed by atoms with Crippen molar-refractivity contribution in [1.29, 1.82) is 0 Å². The number of hydrogen-bond acceptors (Lipinski definition) is 7. The summed E-state index contributed by atoms with van der Waals surface area (Å²) in [6, 6.07) is 8.23. The van der Waals surface area contributed by atoms with E-state index in [4.69, 9.17) is 14.5 Å². The van der Waals surface area contributed by atoms with Crippen LogP contribution in [0.15, 0.2) is 29.6 Å². The Morgan fingerprint density at radius 1 is 1.17 bits per heavy atom. The first kappa shape index (κ1) is 23.5. The molecule has 0 bridgehead atoms. The lowest BCUT2D eigenvalue weighted by molar-refractivity contribution is 0.0598. The quantitative estimate of drug-likeness (QED) is 0.477. The number of likely N-dealkylation sites (tertiary alicyclic amines) is 1. The minimum absolute atomic E-state index is 0.0289. The highest BCUT2D eigenvalue weighted by molar-refractivity contribution is 7.15. The third kappa shape index (κ3) is 4.62. The van der Waals surface area contributed by atoms with Gasteiger partial charge in [-0.05, 0) is 44.6 Å². The molecule has 0 spiro atoms. The van der Waals surface area contributed by atoms with Crippen LogP contribution in [0.1, 0.15) is 68.8 Å². The minimum Gasteiger partial charge on any atom is -0.485 e. The number of thiazole rings is 1. The zero-order valence-electron chi connectivity index (χ0n) is 20.2. The van der Waals surface area contributed by atoms with E-state index in [-0.39, 0.29) is 17.9 Å². The fraction of sp³-hybridized carbons (Fsp3) is 0.444. The zero-order valence-corrected chi connectivity index (χ0v) is 21.9. The SMILES string of the molecule is Cc1cccc(-c2sc(C3CC3)nc2C(=O)N2CCCC[C@H]2CNC(=O)c2scc3c2OCCO3)c1. The van der Waals surface area contributed by atoms with Crippen LogP contribution in [0, 0.1) is 6.92 Å². The fourth-order valence-corrected chi connectivity index (χ4v) is 6.96. The summed E-state index contributed by atoms with van der Waals surface area (Å²) in [4.78, 5) is 35.2. The van der Waals surface area contributed by atoms with E-state index in [0.717, 1.165) is 53.1 Å². The molecule has 1 aliphatic carbocycles. The summed E-state index contributed by atoms with van der Waals surface area (Å²) in [5, 5.41) is 5.94. The number of nitrogens with zero attached hydrogens (tertiary/aromatic N) is 2. The molecule has 1 saturated heterocycles. The Balaban J connectivity index is 1.22. The molecule has 1 atom stereocenters. The molecule has 6 rings (SSSR count). The molecule has 1 saturated carbocycles. The van der Waals surface area contributed by atoms with Crippen molar-refractivity contribution < 1.29 is 19.1 Å². The van der Waals surface area contributed by atoms with E-state index in [1.807, 2.05) is 16.3 Å². The maximum Gasteiger partial charge on any atom is 0.274 e. The molecule has 3 aromatic rings. The lowest BCUT2D eigenvalue weighted by atomic mass is 10.0. The second kappa shape index (κ2) is 9.86. The second-order valence-electron chi connectivity index (χ2n) is 9.69. The lowest BCUT2D eigenvalue weighted by Crippen LogP contribution is -2.49. The number of aryl methyl sites for hydroxylation is 1. The van der Waals surface area contributed by atoms with Crippen LogP contribution in [0.25, 0.3) is 10.4 Å². The van der Waals surface area contributed by atoms with Crippen LogP contribution < -0.4 is 14.8 Å². The van der Waals surface area contributed by atoms with Crippen LogP contribution in [0.5, 0.6) is 11.5 Å². The highest BCUT2D eigenvalue weighted by atomic mass is 32.1. The molecule has 0 unspecified atom stereocenters. The third-order valence-corrected chi connectivity index (χ3v) is 9.15. The van der Waals surface area contributed by atoms with E-state index < -0.39 is 0 Å². The molecule has 36 heavy (non-hydrogen) atoms. The Morgan fingerprint density at radius 2 is 2.03 bits per heavy atom. The highest BCUT2D eigenvalue weighted by Gasteiger charge is 2.35. The number of nitrogens with one attached hydrogen (secondary N) is 1. The standard InChI is InChI=1S/C27H29N3O4S2/c1-16-5-4-6-18(13-16)23-21(29-26(36-23)17-8-9-17)27(32)30-10-3-2-7-19(30)14-28-25(31)24-22-20(15-35-24)33-11-12-34-22/h4-6,13,15,17,19H,2-3,7-12,14H2,1H3,(H,28,31)/t19-/m0/s1. The first-order valence-corrected chi connectivity index (χ1v) is 14.3. The summed E-state index contributed by atoms with van der Waals surface area (Å²) in [6.45, 7) is 4.08. The molecule has 3 aliphatic rings. The Hall–Kier alpha value is -2.91. The summed E-state index contributed by atoms with van der Waals surface area (Å²) < 4.78 is 11.2. The number of amides is 2. The van der Waals surface area contributed by atoms with Crippen LogP contribution in [0.2, 0.25) is 0 Å². The average molecular weight is 524 g/mol. The molecule has 1 aromatic carbocycles. The van der Waals surface area contributed by atoms with Gasteiger partial charge >= 0.3 is 0 Å². The molecule has 7 nitrogen and oxygen atoms in total. The molecule has 2 fully saturated rings. The number of thiophene rings is 1. The predicted octanol–water partition coefficient (Wildman–Crippen LogP) is 5.25. The topological polar surface area (TPSA) is 80.8 Å². The summed E-state index contributed by atoms with van der Waals surface area (Å²) in [5.41, 5.74) is 2.77. The molecule has 2 aliphatic heterocycles. The number of piperidine rings is 1. The smallest absolute Gasteiger partial charge is 0.274 e. The third-order valence-electron chi connectivity index (χ3n) is 6.95. The molecule has 0 radical (unpaired) electrons. The lowest BCUT2D eigenvalue weighted by Gasteiger charge is -2.35. The Bertz CT molecular complexity index is 1300. The molecule has 4 heterocycles. The summed E-state index contributed by atoms with van der Waals surface area (Å²) in [6.07, 6.45) is 5.14. The van der Waals surface area contributed by atoms with Gasteiger partial charge in [0, 0.05) is 30.4 Å². The van der Waals surface area contributed by atoms with Gasteiger partial charge in [-0.1, -0.05) is 29.8 Å². The van der Waals surface area contributed by atoms with Gasteiger partial charge in [-0.15, -0.1) is 22.7 Å². The first-order chi connectivity index (χ1) is 17.6. The highest BCUT2D eigenvalue weighted by Crippen LogP contribution is 2.45. The number of hydrogen-bond donors (Lipinski definition) is 1. The summed E-state index contributed by atoms with van der Waals surface area (Å²) in [7, 11) is 0. The number of carbonyl (C=O) groups excluding carboxylic acids is 2. The number of rotatable bonds is 6. The number of benzene rings is 1. The summed E-state index contributed by atoms with van der Waals surface area (Å²) >= 11 is 2.99. The average Bonchev–Trinajstić information content (AvgIpc) is 3.51. The molecule has 9 heteroatoms. The number of aromatic nitrogens is 1. The Kier molecular flexibility index (Phi) is 6.43. The van der Waals surface area contributed by atoms with Crippen LogP contribution >= 0.6 is 22.7 Å². The minimum atomic E-state index is -0.185. The second-order valence-corrected chi connectivity index (χ2v) is 11.6. The van der Waals surface area contributed by atoms with E-state index in [0.29, 0.717) is 54.3 Å². The van der Waals surface area contributed by atoms with Crippen molar-refractivity contribution in [1.82, 2.24) is 15.2 Å². The van der Waals surface area contributed by atoms with Gasteiger partial charge < -0.3 is 19.7 Å². The van der Waals surface area contributed by atoms with Gasteiger partial charge in [0.1, 0.15) is 23.8 Å². The molecule has 188 valence electrons. The molecular formula is C27H29N3O4S2. The van der Waals surface area contributed by atoms with E-state index in [2.05, 4.69) is 30.4 Å². The van der Waals surface area contributed by atoms with Crippen LogP contribution in [0.4, 0.5) is 0 Å². The van der Waals surface area contributed by atoms with Gasteiger partial charge in [-0.3, -0.25) is 9.59 Å². The van der Waals surface area contributed by atoms with Crippen molar-refractivity contribution in [3.05, 3.63) is 50.8 Å². The van der Waals surface area contributed by atoms with Gasteiger partial charge in [0.15, 0.2) is 11.5 Å². The zero-order chi connectivity index (χ0) is 24.6. The van der Waals surface area contributed by atoms with Gasteiger partial charge in [0.05, 0.1) is 9.88 Å². The molecule has 2 aromatic heterocycles. The number of carbonyl (C=O) groups is 2. The predicted molar refractivity (Wildman–Crippen MR) is 141 cm³/mol. The maximum atomic E-state index is 13.9. The first-order valence-electron chi connectivity index (χ1n) is 12.6. The van der Waals surface area contributed by atoms with Gasteiger partial charge in [-0.25, -0.2) is 4.98 Å². The maximum absolute atomic E-state index is 13.9. The number of ether oxygens (including phenoxy) is 2. The Morgan fingerprint density at radius 3 is 2.86 bits per heavy atom. The van der Waals surface area contributed by atoms with E-state index >= 15 is 0 Å². The van der Waals surface area contributed by atoms with Gasteiger partial charge in [0.2, 0.25) is 0 Å². The van der Waals surface area contributed by atoms with Crippen molar-refractivity contribution in [2.24, 2.45) is 0 Å². The van der Waals surface area contributed by atoms with Gasteiger partial charge in [-0.2, -0.15) is 0 Å². The van der Waals surface area contributed by atoms with Crippen molar-refractivity contribution in [3.63, 3.8) is 0 Å².